The van der Waals surface area contributed by atoms with Crippen molar-refractivity contribution in [2.24, 2.45) is 5.92 Å². The van der Waals surface area contributed by atoms with E-state index in [1.165, 1.54) is 12.3 Å². The minimum absolute atomic E-state index is 0.0350. The van der Waals surface area contributed by atoms with Crippen molar-refractivity contribution in [2.75, 3.05) is 6.61 Å². The number of ether oxygens (including phenoxy) is 1. The molecule has 2 heterocycles. The number of nitrogens with one attached hydrogen (secondary N) is 1. The number of halogens is 4. The molecule has 2 aromatic heterocycles. The molecule has 0 spiro atoms. The van der Waals surface area contributed by atoms with E-state index in [0.717, 1.165) is 36.5 Å². The number of aliphatic hydroxyl groups is 1. The summed E-state index contributed by atoms with van der Waals surface area (Å²) < 4.78 is 63.8. The van der Waals surface area contributed by atoms with Crippen LogP contribution in [0.15, 0.2) is 42.6 Å². The van der Waals surface area contributed by atoms with Crippen LogP contribution in [0.5, 0.6) is 5.75 Å². The van der Waals surface area contributed by atoms with Crippen LogP contribution >= 0.6 is 11.5 Å². The van der Waals surface area contributed by atoms with Gasteiger partial charge < -0.3 is 15.2 Å². The molecule has 3 aromatic rings. The first-order valence-corrected chi connectivity index (χ1v) is 12.3. The van der Waals surface area contributed by atoms with Gasteiger partial charge in [-0.2, -0.15) is 17.5 Å². The van der Waals surface area contributed by atoms with E-state index in [9.17, 15) is 27.2 Å². The predicted octanol–water partition coefficient (Wildman–Crippen LogP) is 5.12. The summed E-state index contributed by atoms with van der Waals surface area (Å²) in [7, 11) is 0. The van der Waals surface area contributed by atoms with Gasteiger partial charge in [-0.05, 0) is 68.1 Å². The average molecular weight is 538 g/mol. The number of carbonyl (C=O) groups is 2. The molecule has 196 valence electrons. The Morgan fingerprint density at radius 1 is 1.22 bits per heavy atom. The fraction of sp³-hybridized carbons (Fsp3) is 0.360. The van der Waals surface area contributed by atoms with E-state index in [4.69, 9.17) is 9.84 Å². The molecule has 7 nitrogen and oxygen atoms in total. The molecular weight excluding hydrogens is 514 g/mol. The second kappa shape index (κ2) is 10.9. The molecular formula is C25H23F4N3O4S. The van der Waals surface area contributed by atoms with E-state index >= 15 is 0 Å². The van der Waals surface area contributed by atoms with Gasteiger partial charge in [0.1, 0.15) is 29.4 Å². The van der Waals surface area contributed by atoms with Gasteiger partial charge in [0.15, 0.2) is 5.78 Å². The van der Waals surface area contributed by atoms with Crippen LogP contribution in [0.3, 0.4) is 0 Å². The second-order valence-electron chi connectivity index (χ2n) is 8.67. The second-order valence-corrected chi connectivity index (χ2v) is 9.50. The fourth-order valence-corrected chi connectivity index (χ4v) is 4.29. The minimum Gasteiger partial charge on any atom is -0.484 e. The van der Waals surface area contributed by atoms with Gasteiger partial charge in [0.05, 0.1) is 22.3 Å². The number of benzene rings is 1. The third kappa shape index (κ3) is 6.50. The number of Topliss-reactive ketones (excluding diaryl/α,β-unsaturated/α-hetero) is 1. The third-order valence-corrected chi connectivity index (χ3v) is 6.76. The molecule has 1 aliphatic rings. The van der Waals surface area contributed by atoms with Crippen LogP contribution in [-0.2, 0) is 0 Å². The first-order chi connectivity index (χ1) is 17.6. The lowest BCUT2D eigenvalue weighted by Crippen LogP contribution is -2.46. The van der Waals surface area contributed by atoms with Crippen molar-refractivity contribution in [3.63, 3.8) is 0 Å². The topological polar surface area (TPSA) is 101 Å². The molecule has 0 aliphatic heterocycles. The van der Waals surface area contributed by atoms with Crippen molar-refractivity contribution in [2.45, 2.75) is 44.5 Å². The van der Waals surface area contributed by atoms with E-state index in [-0.39, 0.29) is 11.7 Å². The number of nitrogens with zero attached hydrogens (tertiary/aromatic N) is 2. The number of amides is 1. The molecule has 1 amide bonds. The summed E-state index contributed by atoms with van der Waals surface area (Å²) in [6.07, 6.45) is -2.68. The molecule has 2 N–H and O–H groups in total. The molecule has 0 saturated heterocycles. The number of rotatable bonds is 10. The zero-order valence-corrected chi connectivity index (χ0v) is 20.4. The maximum absolute atomic E-state index is 14.6. The Labute approximate surface area is 213 Å². The summed E-state index contributed by atoms with van der Waals surface area (Å²) in [6.45, 7) is 1.00. The van der Waals surface area contributed by atoms with Crippen molar-refractivity contribution < 1.29 is 37.0 Å². The van der Waals surface area contributed by atoms with Crippen molar-refractivity contribution >= 4 is 23.2 Å². The van der Waals surface area contributed by atoms with E-state index in [2.05, 4.69) is 9.36 Å². The number of ketones is 1. The van der Waals surface area contributed by atoms with Crippen molar-refractivity contribution in [1.29, 1.82) is 0 Å². The summed E-state index contributed by atoms with van der Waals surface area (Å²) in [5.41, 5.74) is 0.581. The van der Waals surface area contributed by atoms with Gasteiger partial charge in [0, 0.05) is 18.1 Å². The molecule has 0 unspecified atom stereocenters. The Morgan fingerprint density at radius 3 is 2.57 bits per heavy atom. The molecule has 0 bridgehead atoms. The van der Waals surface area contributed by atoms with Crippen molar-refractivity contribution in [1.82, 2.24) is 14.7 Å². The van der Waals surface area contributed by atoms with Crippen LogP contribution in [0.1, 0.15) is 58.0 Å². The lowest BCUT2D eigenvalue weighted by atomic mass is 10.1. The molecule has 2 atom stereocenters. The highest BCUT2D eigenvalue weighted by atomic mass is 32.1. The number of alkyl halides is 3. The lowest BCUT2D eigenvalue weighted by Gasteiger charge is -2.21. The molecule has 4 rings (SSSR count). The van der Waals surface area contributed by atoms with Gasteiger partial charge >= 0.3 is 6.18 Å². The Hall–Kier alpha value is -3.38. The minimum atomic E-state index is -4.78. The number of hydrogen-bond donors (Lipinski definition) is 2. The molecule has 1 fully saturated rings. The monoisotopic (exact) mass is 537 g/mol. The molecule has 12 heteroatoms. The first-order valence-electron chi connectivity index (χ1n) is 11.5. The summed E-state index contributed by atoms with van der Waals surface area (Å²) in [5.74, 6) is -1.67. The third-order valence-electron chi connectivity index (χ3n) is 5.81. The number of aromatic nitrogens is 2. The zero-order valence-electron chi connectivity index (χ0n) is 19.6. The Morgan fingerprint density at radius 2 is 1.97 bits per heavy atom. The Kier molecular flexibility index (Phi) is 7.88. The van der Waals surface area contributed by atoms with Crippen molar-refractivity contribution in [3.8, 4) is 17.0 Å². The van der Waals surface area contributed by atoms with Gasteiger partial charge in [-0.3, -0.25) is 9.59 Å². The number of pyridine rings is 1. The number of hydrogen-bond acceptors (Lipinski definition) is 7. The number of aliphatic hydroxyl groups excluding tert-OH is 1. The van der Waals surface area contributed by atoms with Crippen LogP contribution in [0.2, 0.25) is 0 Å². The largest absolute Gasteiger partial charge is 0.484 e. The first kappa shape index (κ1) is 26.7. The number of carbonyl (C=O) groups excluding carboxylic acids is 2. The van der Waals surface area contributed by atoms with Crippen LogP contribution in [0, 0.1) is 11.7 Å². The standard InChI is InChI=1S/C25H23F4N3O4S/c1-13(36-16-5-7-19(30-12-16)23(34)14-2-3-14)21-11-20(32-37-21)15-4-6-17(18(26)10-15)24(35)31-22(8-9-33)25(27,28)29/h4-7,10-14,22,33H,2-3,8-9H2,1H3,(H,31,35)/t13-,22+/m1/s1. The van der Waals surface area contributed by atoms with Crippen LogP contribution in [0.4, 0.5) is 17.6 Å². The maximum atomic E-state index is 14.6. The Bertz CT molecular complexity index is 1280. The summed E-state index contributed by atoms with van der Waals surface area (Å²) in [4.78, 5) is 29.2. The normalized spacial score (nSPS) is 15.2. The van der Waals surface area contributed by atoms with E-state index < -0.39 is 48.6 Å². The SMILES string of the molecule is C[C@@H](Oc1ccc(C(=O)C2CC2)nc1)c1cc(-c2ccc(C(=O)N[C@@H](CCO)C(F)(F)F)c(F)c2)ns1. The van der Waals surface area contributed by atoms with E-state index in [1.807, 2.05) is 0 Å². The maximum Gasteiger partial charge on any atom is 0.408 e. The summed E-state index contributed by atoms with van der Waals surface area (Å²) in [5, 5.41) is 10.5. The summed E-state index contributed by atoms with van der Waals surface area (Å²) in [6, 6.07) is 6.18. The van der Waals surface area contributed by atoms with E-state index in [1.54, 1.807) is 30.4 Å². The van der Waals surface area contributed by atoms with Crippen LogP contribution < -0.4 is 10.1 Å². The van der Waals surface area contributed by atoms with Gasteiger partial charge in [0.25, 0.3) is 5.91 Å². The van der Waals surface area contributed by atoms with E-state index in [0.29, 0.717) is 27.6 Å². The average Bonchev–Trinajstić information content (AvgIpc) is 3.58. The quantitative estimate of drug-likeness (QED) is 0.275. The fourth-order valence-electron chi connectivity index (χ4n) is 3.57. The molecule has 1 aliphatic carbocycles. The van der Waals surface area contributed by atoms with Gasteiger partial charge in [-0.15, -0.1) is 0 Å². The molecule has 0 radical (unpaired) electrons. The molecule has 37 heavy (non-hydrogen) atoms. The highest BCUT2D eigenvalue weighted by Gasteiger charge is 2.40. The Balaban J connectivity index is 1.41. The summed E-state index contributed by atoms with van der Waals surface area (Å²) >= 11 is 1.12. The van der Waals surface area contributed by atoms with Gasteiger partial charge in [-0.25, -0.2) is 9.37 Å². The predicted molar refractivity (Wildman–Crippen MR) is 127 cm³/mol. The zero-order chi connectivity index (χ0) is 26.7. The van der Waals surface area contributed by atoms with Crippen LogP contribution in [-0.4, -0.2) is 45.0 Å². The highest BCUT2D eigenvalue weighted by molar-refractivity contribution is 7.06. The highest BCUT2D eigenvalue weighted by Crippen LogP contribution is 2.33. The van der Waals surface area contributed by atoms with Gasteiger partial charge in [0.2, 0.25) is 0 Å². The van der Waals surface area contributed by atoms with Crippen LogP contribution in [0.25, 0.3) is 11.3 Å². The van der Waals surface area contributed by atoms with Gasteiger partial charge in [-0.1, -0.05) is 6.07 Å². The smallest absolute Gasteiger partial charge is 0.408 e. The lowest BCUT2D eigenvalue weighted by molar-refractivity contribution is -0.156. The van der Waals surface area contributed by atoms with Crippen molar-refractivity contribution in [3.05, 3.63) is 64.5 Å². The molecule has 1 aromatic carbocycles. The molecule has 1 saturated carbocycles.